The van der Waals surface area contributed by atoms with Crippen LogP contribution in [0.15, 0.2) is 18.2 Å². The number of aromatic nitrogens is 1. The van der Waals surface area contributed by atoms with Gasteiger partial charge in [-0.05, 0) is 51.5 Å². The fourth-order valence-electron chi connectivity index (χ4n) is 3.53. The molecule has 0 spiro atoms. The van der Waals surface area contributed by atoms with Gasteiger partial charge in [-0.15, -0.1) is 0 Å². The summed E-state index contributed by atoms with van der Waals surface area (Å²) >= 11 is 0. The van der Waals surface area contributed by atoms with Crippen LogP contribution in [0.25, 0.3) is 0 Å². The quantitative estimate of drug-likeness (QED) is 0.470. The van der Waals surface area contributed by atoms with Crippen molar-refractivity contribution in [3.05, 3.63) is 40.7 Å². The Kier molecular flexibility index (Phi) is 7.31. The highest BCUT2D eigenvalue weighted by Gasteiger charge is 2.19. The second kappa shape index (κ2) is 9.49. The Morgan fingerprint density at radius 3 is 2.00 bits per heavy atom. The number of ketones is 1. The lowest BCUT2D eigenvalue weighted by Crippen LogP contribution is -2.16. The number of methoxy groups -OCH3 is 3. The van der Waals surface area contributed by atoms with Gasteiger partial charge in [0.1, 0.15) is 0 Å². The van der Waals surface area contributed by atoms with Crippen LogP contribution in [0.3, 0.4) is 0 Å². The maximum Gasteiger partial charge on any atom is 0.310 e. The minimum absolute atomic E-state index is 0.0188. The zero-order valence-electron chi connectivity index (χ0n) is 18.1. The zero-order chi connectivity index (χ0) is 21.7. The third kappa shape index (κ3) is 4.91. The molecule has 1 heterocycles. The summed E-state index contributed by atoms with van der Waals surface area (Å²) in [7, 11) is 4.52. The number of nitrogens with zero attached hydrogens (tertiary/aromatic N) is 1. The zero-order valence-corrected chi connectivity index (χ0v) is 18.1. The van der Waals surface area contributed by atoms with E-state index in [-0.39, 0.29) is 24.9 Å². The van der Waals surface area contributed by atoms with Gasteiger partial charge in [0.2, 0.25) is 11.5 Å². The highest BCUT2D eigenvalue weighted by molar-refractivity contribution is 5.99. The van der Waals surface area contributed by atoms with Crippen LogP contribution in [0.2, 0.25) is 0 Å². The number of carbonyl (C=O) groups is 2. The number of aryl methyl sites for hydroxylation is 1. The number of benzene rings is 1. The first-order chi connectivity index (χ1) is 13.7. The molecule has 158 valence electrons. The molecular weight excluding hydrogens is 374 g/mol. The van der Waals surface area contributed by atoms with Gasteiger partial charge in [-0.3, -0.25) is 9.59 Å². The lowest BCUT2D eigenvalue weighted by molar-refractivity contribution is -0.141. The maximum absolute atomic E-state index is 12.5. The molecule has 0 unspecified atom stereocenters. The normalized spacial score (nSPS) is 10.8. The summed E-state index contributed by atoms with van der Waals surface area (Å²) < 4.78 is 23.2. The fraction of sp³-hybridized carbons (Fsp3) is 0.455. The molecule has 0 N–H and O–H groups in total. The number of carbonyl (C=O) groups excluding carboxylic acids is 2. The first-order valence-corrected chi connectivity index (χ1v) is 9.39. The van der Waals surface area contributed by atoms with Crippen LogP contribution < -0.4 is 14.2 Å². The van der Waals surface area contributed by atoms with E-state index in [1.807, 2.05) is 19.9 Å². The van der Waals surface area contributed by atoms with E-state index in [0.717, 1.165) is 11.4 Å². The van der Waals surface area contributed by atoms with Crippen LogP contribution in [-0.4, -0.2) is 44.3 Å². The molecule has 0 radical (unpaired) electrons. The van der Waals surface area contributed by atoms with E-state index in [4.69, 9.17) is 18.9 Å². The highest BCUT2D eigenvalue weighted by atomic mass is 16.5. The van der Waals surface area contributed by atoms with Crippen molar-refractivity contribution < 1.29 is 28.5 Å². The topological polar surface area (TPSA) is 76.0 Å². The molecule has 29 heavy (non-hydrogen) atoms. The minimum atomic E-state index is -0.509. The summed E-state index contributed by atoms with van der Waals surface area (Å²) in [5, 5.41) is 0. The van der Waals surface area contributed by atoms with E-state index in [2.05, 4.69) is 18.4 Å². The number of hydrogen-bond donors (Lipinski definition) is 0. The molecule has 0 amide bonds. The Hall–Kier alpha value is -2.96. The van der Waals surface area contributed by atoms with Gasteiger partial charge in [0.25, 0.3) is 0 Å². The van der Waals surface area contributed by atoms with Crippen molar-refractivity contribution in [1.29, 1.82) is 0 Å². The largest absolute Gasteiger partial charge is 0.493 e. The lowest BCUT2D eigenvalue weighted by atomic mass is 10.1. The molecule has 7 nitrogen and oxygen atoms in total. The standard InChI is InChI=1S/C22H29NO6/c1-13(2)23-14(3)8-17(15(23)4)18(24)12-29-21(25)11-16-9-19(26-5)22(28-7)20(10-16)27-6/h8-10,13H,11-12H2,1-7H3. The first-order valence-electron chi connectivity index (χ1n) is 9.39. The third-order valence-electron chi connectivity index (χ3n) is 4.74. The Morgan fingerprint density at radius 1 is 0.966 bits per heavy atom. The Labute approximate surface area is 171 Å². The molecule has 2 aromatic rings. The van der Waals surface area contributed by atoms with Crippen molar-refractivity contribution in [2.45, 2.75) is 40.2 Å². The second-order valence-corrected chi connectivity index (χ2v) is 7.04. The summed E-state index contributed by atoms with van der Waals surface area (Å²) in [6, 6.07) is 5.45. The van der Waals surface area contributed by atoms with Crippen LogP contribution in [0.4, 0.5) is 0 Å². The van der Waals surface area contributed by atoms with Gasteiger partial charge in [-0.1, -0.05) is 0 Å². The molecule has 0 aliphatic carbocycles. The van der Waals surface area contributed by atoms with E-state index >= 15 is 0 Å². The number of esters is 1. The number of rotatable bonds is 9. The smallest absolute Gasteiger partial charge is 0.310 e. The average Bonchev–Trinajstić information content (AvgIpc) is 2.99. The van der Waals surface area contributed by atoms with Crippen molar-refractivity contribution in [3.63, 3.8) is 0 Å². The fourth-order valence-corrected chi connectivity index (χ4v) is 3.53. The van der Waals surface area contributed by atoms with Gasteiger partial charge in [0.05, 0.1) is 27.8 Å². The molecule has 7 heteroatoms. The van der Waals surface area contributed by atoms with E-state index in [9.17, 15) is 9.59 Å². The summed E-state index contributed by atoms with van der Waals surface area (Å²) in [6.45, 7) is 7.68. The Balaban J connectivity index is 2.07. The molecule has 2 rings (SSSR count). The Morgan fingerprint density at radius 2 is 1.55 bits per heavy atom. The van der Waals surface area contributed by atoms with Crippen LogP contribution in [0.1, 0.15) is 47.2 Å². The number of ether oxygens (including phenoxy) is 4. The van der Waals surface area contributed by atoms with Crippen molar-refractivity contribution in [2.75, 3.05) is 27.9 Å². The number of Topliss-reactive ketones (excluding diaryl/α,β-unsaturated/α-hetero) is 1. The summed E-state index contributed by atoms with van der Waals surface area (Å²) in [5.41, 5.74) is 3.10. The molecule has 0 aliphatic heterocycles. The minimum Gasteiger partial charge on any atom is -0.493 e. The SMILES string of the molecule is COc1cc(CC(=O)OCC(=O)c2cc(C)n(C(C)C)c2C)cc(OC)c1OC. The van der Waals surface area contributed by atoms with E-state index in [1.165, 1.54) is 21.3 Å². The molecule has 0 bridgehead atoms. The Bertz CT molecular complexity index is 872. The van der Waals surface area contributed by atoms with Crippen LogP contribution in [0.5, 0.6) is 17.2 Å². The molecular formula is C22H29NO6. The molecule has 1 aromatic heterocycles. The van der Waals surface area contributed by atoms with Gasteiger partial charge >= 0.3 is 5.97 Å². The van der Waals surface area contributed by atoms with E-state index < -0.39 is 5.97 Å². The maximum atomic E-state index is 12.5. The van der Waals surface area contributed by atoms with Gasteiger partial charge in [0.15, 0.2) is 18.1 Å². The van der Waals surface area contributed by atoms with Crippen LogP contribution >= 0.6 is 0 Å². The van der Waals surface area contributed by atoms with E-state index in [0.29, 0.717) is 28.4 Å². The number of hydrogen-bond acceptors (Lipinski definition) is 6. The monoisotopic (exact) mass is 403 g/mol. The van der Waals surface area contributed by atoms with Crippen LogP contribution in [-0.2, 0) is 16.0 Å². The van der Waals surface area contributed by atoms with Crippen molar-refractivity contribution in [3.8, 4) is 17.2 Å². The predicted molar refractivity (Wildman–Crippen MR) is 109 cm³/mol. The summed E-state index contributed by atoms with van der Waals surface area (Å²) in [4.78, 5) is 24.8. The third-order valence-corrected chi connectivity index (χ3v) is 4.74. The second-order valence-electron chi connectivity index (χ2n) is 7.04. The molecule has 1 aromatic carbocycles. The highest BCUT2D eigenvalue weighted by Crippen LogP contribution is 2.38. The summed E-state index contributed by atoms with van der Waals surface area (Å²) in [6.07, 6.45) is -0.0188. The molecule has 0 aliphatic rings. The van der Waals surface area contributed by atoms with Crippen molar-refractivity contribution in [1.82, 2.24) is 4.57 Å². The molecule has 0 atom stereocenters. The molecule has 0 saturated carbocycles. The van der Waals surface area contributed by atoms with Crippen molar-refractivity contribution >= 4 is 11.8 Å². The molecule has 0 fully saturated rings. The summed E-state index contributed by atoms with van der Waals surface area (Å²) in [5.74, 6) is 0.620. The first kappa shape index (κ1) is 22.3. The van der Waals surface area contributed by atoms with Gasteiger partial charge in [-0.2, -0.15) is 0 Å². The van der Waals surface area contributed by atoms with E-state index in [1.54, 1.807) is 12.1 Å². The predicted octanol–water partition coefficient (Wildman–Crippen LogP) is 3.68. The van der Waals surface area contributed by atoms with Crippen molar-refractivity contribution in [2.24, 2.45) is 0 Å². The average molecular weight is 403 g/mol. The van der Waals surface area contributed by atoms with Gasteiger partial charge in [0, 0.05) is 23.0 Å². The molecule has 0 saturated heterocycles. The van der Waals surface area contributed by atoms with Gasteiger partial charge in [-0.25, -0.2) is 0 Å². The lowest BCUT2D eigenvalue weighted by Gasteiger charge is -2.14. The van der Waals surface area contributed by atoms with Gasteiger partial charge < -0.3 is 23.5 Å². The van der Waals surface area contributed by atoms with Crippen LogP contribution in [0, 0.1) is 13.8 Å².